The lowest BCUT2D eigenvalue weighted by Gasteiger charge is -2.34. The van der Waals surface area contributed by atoms with Crippen LogP contribution < -0.4 is 21.3 Å². The van der Waals surface area contributed by atoms with Gasteiger partial charge in [0, 0.05) is 86.5 Å². The number of nitrogens with two attached hydrogens (primary N) is 1. The van der Waals surface area contributed by atoms with E-state index in [1.807, 2.05) is 24.3 Å². The number of halogens is 2. The highest BCUT2D eigenvalue weighted by Gasteiger charge is 2.23. The van der Waals surface area contributed by atoms with Gasteiger partial charge in [-0.2, -0.15) is 0 Å². The summed E-state index contributed by atoms with van der Waals surface area (Å²) in [5.41, 5.74) is 11.9. The molecule has 0 radical (unpaired) electrons. The van der Waals surface area contributed by atoms with Crippen molar-refractivity contribution < 1.29 is 18.3 Å². The first-order chi connectivity index (χ1) is 22.7. The summed E-state index contributed by atoms with van der Waals surface area (Å²) in [6.45, 7) is 5.01. The topological polar surface area (TPSA) is 120 Å². The molecule has 0 atom stereocenters. The molecule has 4 aromatic rings. The lowest BCUT2D eigenvalue weighted by molar-refractivity contribution is 0.0904. The molecule has 3 heterocycles. The normalized spacial score (nSPS) is 15.8. The first kappa shape index (κ1) is 32.1. The van der Waals surface area contributed by atoms with Crippen molar-refractivity contribution in [2.24, 2.45) is 0 Å². The number of hydrogen-bond donors (Lipinski definition) is 4. The molecular weight excluding hydrogens is 600 g/mol. The Morgan fingerprint density at radius 1 is 0.957 bits per heavy atom. The van der Waals surface area contributed by atoms with Gasteiger partial charge in [-0.1, -0.05) is 0 Å². The minimum atomic E-state index is -0.676. The summed E-state index contributed by atoms with van der Waals surface area (Å²) in [6, 6.07) is 16.4. The Hall–Kier alpha value is -4.87. The second-order valence-corrected chi connectivity index (χ2v) is 12.2. The standard InChI is InChI=1S/C36H39F2N7O2/c1-44-10-12-45(13-11-44)29-2-3-30(34(21-29)42-28-6-14-47-15-7-28)36(46)43-35(40)32-19-25(16-23-17-26(37)20-27(38)18-23)31(22-33(32)39)24-4-8-41-9-5-24/h2-5,8-9,17-22,28,42H,6-7,10-16,39H2,1H3,(H2,40,43,46). The highest BCUT2D eigenvalue weighted by Crippen LogP contribution is 2.31. The number of aromatic nitrogens is 1. The van der Waals surface area contributed by atoms with E-state index < -0.39 is 17.5 Å². The fraction of sp³-hybridized carbons (Fsp3) is 0.306. The van der Waals surface area contributed by atoms with Gasteiger partial charge in [-0.15, -0.1) is 0 Å². The van der Waals surface area contributed by atoms with E-state index in [4.69, 9.17) is 15.9 Å². The van der Waals surface area contributed by atoms with Gasteiger partial charge >= 0.3 is 0 Å². The molecule has 2 saturated heterocycles. The van der Waals surface area contributed by atoms with Crippen LogP contribution in [0.2, 0.25) is 0 Å². The number of anilines is 3. The first-order valence-electron chi connectivity index (χ1n) is 15.8. The van der Waals surface area contributed by atoms with E-state index in [1.54, 1.807) is 30.6 Å². The first-order valence-corrected chi connectivity index (χ1v) is 15.8. The molecule has 11 heteroatoms. The van der Waals surface area contributed by atoms with Crippen LogP contribution in [0.5, 0.6) is 0 Å². The molecule has 47 heavy (non-hydrogen) atoms. The fourth-order valence-corrected chi connectivity index (χ4v) is 6.18. The van der Waals surface area contributed by atoms with Crippen LogP contribution in [-0.2, 0) is 11.2 Å². The Morgan fingerprint density at radius 2 is 1.66 bits per heavy atom. The Labute approximate surface area is 273 Å². The van der Waals surface area contributed by atoms with Gasteiger partial charge in [-0.05, 0) is 103 Å². The van der Waals surface area contributed by atoms with Gasteiger partial charge in [-0.3, -0.25) is 15.2 Å². The van der Waals surface area contributed by atoms with Gasteiger partial charge < -0.3 is 30.9 Å². The van der Waals surface area contributed by atoms with E-state index in [0.717, 1.165) is 61.9 Å². The molecule has 1 aromatic heterocycles. The third-order valence-electron chi connectivity index (χ3n) is 8.79. The number of carbonyl (C=O) groups is 1. The van der Waals surface area contributed by atoms with Crippen molar-refractivity contribution in [1.29, 1.82) is 5.41 Å². The maximum absolute atomic E-state index is 14.1. The minimum Gasteiger partial charge on any atom is -0.398 e. The number of rotatable bonds is 8. The smallest absolute Gasteiger partial charge is 0.258 e. The van der Waals surface area contributed by atoms with Crippen LogP contribution in [-0.4, -0.2) is 74.1 Å². The van der Waals surface area contributed by atoms with Crippen molar-refractivity contribution in [1.82, 2.24) is 15.2 Å². The lowest BCUT2D eigenvalue weighted by atomic mass is 9.92. The quantitative estimate of drug-likeness (QED) is 0.117. The van der Waals surface area contributed by atoms with Crippen molar-refractivity contribution in [3.8, 4) is 11.1 Å². The fourth-order valence-electron chi connectivity index (χ4n) is 6.18. The summed E-state index contributed by atoms with van der Waals surface area (Å²) in [7, 11) is 2.11. The molecule has 1 amide bonds. The van der Waals surface area contributed by atoms with Crippen LogP contribution in [0.1, 0.15) is 39.9 Å². The molecule has 0 aliphatic carbocycles. The van der Waals surface area contributed by atoms with Crippen LogP contribution in [0.15, 0.2) is 73.1 Å². The van der Waals surface area contributed by atoms with Crippen molar-refractivity contribution in [3.63, 3.8) is 0 Å². The molecule has 0 bridgehead atoms. The zero-order valence-electron chi connectivity index (χ0n) is 26.4. The summed E-state index contributed by atoms with van der Waals surface area (Å²) < 4.78 is 33.7. The lowest BCUT2D eigenvalue weighted by Crippen LogP contribution is -2.44. The average Bonchev–Trinajstić information content (AvgIpc) is 3.06. The Bertz CT molecular complexity index is 1730. The van der Waals surface area contributed by atoms with Crippen LogP contribution >= 0.6 is 0 Å². The Kier molecular flexibility index (Phi) is 9.74. The molecule has 6 rings (SSSR count). The largest absolute Gasteiger partial charge is 0.398 e. The average molecular weight is 640 g/mol. The van der Waals surface area contributed by atoms with E-state index >= 15 is 0 Å². The summed E-state index contributed by atoms with van der Waals surface area (Å²) in [5, 5.41) is 15.3. The Balaban J connectivity index is 1.29. The zero-order valence-corrected chi connectivity index (χ0v) is 26.4. The van der Waals surface area contributed by atoms with E-state index in [-0.39, 0.29) is 24.0 Å². The van der Waals surface area contributed by atoms with Crippen molar-refractivity contribution in [2.45, 2.75) is 25.3 Å². The maximum Gasteiger partial charge on any atom is 0.258 e. The molecule has 2 fully saturated rings. The SMILES string of the molecule is CN1CCN(c2ccc(C(=O)NC(=N)c3cc(Cc4cc(F)cc(F)c4)c(-c4ccncc4)cc3N)c(NC3CCOCC3)c2)CC1. The van der Waals surface area contributed by atoms with Crippen LogP contribution in [0.4, 0.5) is 25.8 Å². The van der Waals surface area contributed by atoms with Gasteiger partial charge in [0.25, 0.3) is 5.91 Å². The third kappa shape index (κ3) is 7.75. The number of carbonyl (C=O) groups excluding carboxylic acids is 1. The van der Waals surface area contributed by atoms with E-state index in [9.17, 15) is 13.6 Å². The van der Waals surface area contributed by atoms with Crippen molar-refractivity contribution in [2.75, 3.05) is 62.4 Å². The minimum absolute atomic E-state index is 0.157. The molecule has 0 unspecified atom stereocenters. The monoisotopic (exact) mass is 639 g/mol. The molecule has 5 N–H and O–H groups in total. The number of likely N-dealkylation sites (N-methyl/N-ethyl adjacent to an activating group) is 1. The summed E-state index contributed by atoms with van der Waals surface area (Å²) >= 11 is 0. The molecule has 0 spiro atoms. The molecule has 0 saturated carbocycles. The van der Waals surface area contributed by atoms with Crippen LogP contribution in [0.3, 0.4) is 0 Å². The number of amidine groups is 1. The van der Waals surface area contributed by atoms with Crippen LogP contribution in [0, 0.1) is 17.0 Å². The van der Waals surface area contributed by atoms with Crippen molar-refractivity contribution in [3.05, 3.63) is 107 Å². The Morgan fingerprint density at radius 3 is 2.36 bits per heavy atom. The molecule has 2 aliphatic heterocycles. The number of nitrogens with zero attached hydrogens (tertiary/aromatic N) is 3. The van der Waals surface area contributed by atoms with Gasteiger partial charge in [0.05, 0.1) is 5.56 Å². The van der Waals surface area contributed by atoms with Crippen molar-refractivity contribution >= 4 is 28.8 Å². The van der Waals surface area contributed by atoms with Gasteiger partial charge in [0.1, 0.15) is 17.5 Å². The highest BCUT2D eigenvalue weighted by molar-refractivity contribution is 6.15. The van der Waals surface area contributed by atoms with E-state index in [1.165, 1.54) is 12.1 Å². The summed E-state index contributed by atoms with van der Waals surface area (Å²) in [5.74, 6) is -1.98. The number of nitrogen functional groups attached to an aromatic ring is 1. The zero-order chi connectivity index (χ0) is 32.9. The number of amides is 1. The summed E-state index contributed by atoms with van der Waals surface area (Å²) in [4.78, 5) is 22.5. The molecular formula is C36H39F2N7O2. The van der Waals surface area contributed by atoms with Gasteiger partial charge in [0.2, 0.25) is 0 Å². The van der Waals surface area contributed by atoms with E-state index in [0.29, 0.717) is 41.2 Å². The molecule has 9 nitrogen and oxygen atoms in total. The second kappa shape index (κ2) is 14.3. The predicted molar refractivity (Wildman–Crippen MR) is 181 cm³/mol. The molecule has 244 valence electrons. The number of ether oxygens (including phenoxy) is 1. The number of nitrogens with one attached hydrogen (secondary N) is 3. The maximum atomic E-state index is 14.1. The van der Waals surface area contributed by atoms with E-state index in [2.05, 4.69) is 32.5 Å². The number of piperazine rings is 1. The third-order valence-corrected chi connectivity index (χ3v) is 8.79. The molecule has 3 aromatic carbocycles. The summed E-state index contributed by atoms with van der Waals surface area (Å²) in [6.07, 6.45) is 5.12. The second-order valence-electron chi connectivity index (χ2n) is 12.2. The molecule has 2 aliphatic rings. The number of pyridine rings is 1. The van der Waals surface area contributed by atoms with Gasteiger partial charge in [-0.25, -0.2) is 8.78 Å². The number of hydrogen-bond acceptors (Lipinski definition) is 8. The predicted octanol–water partition coefficient (Wildman–Crippen LogP) is 5.30. The highest BCUT2D eigenvalue weighted by atomic mass is 19.1. The number of benzene rings is 3. The van der Waals surface area contributed by atoms with Gasteiger partial charge in [0.15, 0.2) is 0 Å². The van der Waals surface area contributed by atoms with Crippen LogP contribution in [0.25, 0.3) is 11.1 Å².